The Morgan fingerprint density at radius 1 is 1.44 bits per heavy atom. The van der Waals surface area contributed by atoms with Crippen LogP contribution in [0, 0.1) is 5.92 Å². The maximum Gasteiger partial charge on any atom is 0.243 e. The number of aliphatic hydroxyl groups excluding tert-OH is 1. The van der Waals surface area contributed by atoms with Gasteiger partial charge in [-0.25, -0.2) is 8.42 Å². The summed E-state index contributed by atoms with van der Waals surface area (Å²) in [6.45, 7) is 1.11. The summed E-state index contributed by atoms with van der Waals surface area (Å²) >= 11 is 0. The quantitative estimate of drug-likeness (QED) is 0.787. The predicted octanol–water partition coefficient (Wildman–Crippen LogP) is 0.662. The van der Waals surface area contributed by atoms with Gasteiger partial charge in [0.1, 0.15) is 0 Å². The Kier molecular flexibility index (Phi) is 3.89. The topological polar surface area (TPSA) is 83.6 Å². The van der Waals surface area contributed by atoms with E-state index in [4.69, 9.17) is 10.8 Å². The molecule has 18 heavy (non-hydrogen) atoms. The van der Waals surface area contributed by atoms with E-state index < -0.39 is 10.0 Å². The number of nitrogens with two attached hydrogens (primary N) is 1. The summed E-state index contributed by atoms with van der Waals surface area (Å²) in [5.41, 5.74) is 6.06. The fourth-order valence-corrected chi connectivity index (χ4v) is 3.84. The standard InChI is InChI=1S/C12H18N2O3S/c13-11-2-1-3-12(8-11)18(16,17)14-6-4-10(9-14)5-7-15/h1-3,8,10,15H,4-7,9,13H2. The van der Waals surface area contributed by atoms with Crippen LogP contribution in [-0.4, -0.2) is 37.5 Å². The monoisotopic (exact) mass is 270 g/mol. The van der Waals surface area contributed by atoms with Gasteiger partial charge < -0.3 is 10.8 Å². The molecule has 100 valence electrons. The van der Waals surface area contributed by atoms with E-state index in [0.29, 0.717) is 25.2 Å². The van der Waals surface area contributed by atoms with Gasteiger partial charge in [0.05, 0.1) is 4.90 Å². The van der Waals surface area contributed by atoms with E-state index in [1.807, 2.05) is 0 Å². The van der Waals surface area contributed by atoms with Crippen LogP contribution in [0.4, 0.5) is 5.69 Å². The third-order valence-corrected chi connectivity index (χ3v) is 5.14. The summed E-state index contributed by atoms with van der Waals surface area (Å²) in [7, 11) is -3.44. The Morgan fingerprint density at radius 3 is 2.89 bits per heavy atom. The molecular formula is C12H18N2O3S. The first kappa shape index (κ1) is 13.3. The Bertz CT molecular complexity index is 516. The molecule has 0 saturated carbocycles. The van der Waals surface area contributed by atoms with Crippen LogP contribution in [0.3, 0.4) is 0 Å². The van der Waals surface area contributed by atoms with Gasteiger partial charge >= 0.3 is 0 Å². The highest BCUT2D eigenvalue weighted by molar-refractivity contribution is 7.89. The molecule has 1 aliphatic rings. The highest BCUT2D eigenvalue weighted by Crippen LogP contribution is 2.26. The van der Waals surface area contributed by atoms with E-state index in [-0.39, 0.29) is 17.4 Å². The van der Waals surface area contributed by atoms with Crippen LogP contribution in [0.2, 0.25) is 0 Å². The molecule has 1 fully saturated rings. The molecule has 1 aliphatic heterocycles. The minimum Gasteiger partial charge on any atom is -0.399 e. The van der Waals surface area contributed by atoms with Crippen molar-refractivity contribution in [3.63, 3.8) is 0 Å². The molecule has 1 saturated heterocycles. The number of nitrogen functional groups attached to an aromatic ring is 1. The Hall–Kier alpha value is -1.11. The first-order valence-corrected chi connectivity index (χ1v) is 7.44. The fourth-order valence-electron chi connectivity index (χ4n) is 2.26. The van der Waals surface area contributed by atoms with Gasteiger partial charge in [0.15, 0.2) is 0 Å². The summed E-state index contributed by atoms with van der Waals surface area (Å²) in [4.78, 5) is 0.243. The van der Waals surface area contributed by atoms with Gasteiger partial charge in [0.2, 0.25) is 10.0 Å². The van der Waals surface area contributed by atoms with E-state index in [1.165, 1.54) is 10.4 Å². The second kappa shape index (κ2) is 5.26. The molecule has 1 atom stereocenters. The van der Waals surface area contributed by atoms with Crippen molar-refractivity contribution >= 4 is 15.7 Å². The molecular weight excluding hydrogens is 252 g/mol. The van der Waals surface area contributed by atoms with Crippen LogP contribution in [0.25, 0.3) is 0 Å². The van der Waals surface area contributed by atoms with Gasteiger partial charge in [-0.3, -0.25) is 0 Å². The zero-order chi connectivity index (χ0) is 13.2. The van der Waals surface area contributed by atoms with Crippen molar-refractivity contribution in [3.8, 4) is 0 Å². The molecule has 6 heteroatoms. The third-order valence-electron chi connectivity index (χ3n) is 3.28. The summed E-state index contributed by atoms with van der Waals surface area (Å²) in [6, 6.07) is 6.35. The number of hydrogen-bond acceptors (Lipinski definition) is 4. The fraction of sp³-hybridized carbons (Fsp3) is 0.500. The van der Waals surface area contributed by atoms with Crippen molar-refractivity contribution in [2.75, 3.05) is 25.4 Å². The maximum absolute atomic E-state index is 12.3. The van der Waals surface area contributed by atoms with Gasteiger partial charge in [0, 0.05) is 25.4 Å². The SMILES string of the molecule is Nc1cccc(S(=O)(=O)N2CCC(CCO)C2)c1. The van der Waals surface area contributed by atoms with Gasteiger partial charge in [-0.05, 0) is 37.0 Å². The average Bonchev–Trinajstić information content (AvgIpc) is 2.79. The van der Waals surface area contributed by atoms with Crippen LogP contribution in [0.5, 0.6) is 0 Å². The van der Waals surface area contributed by atoms with Crippen LogP contribution >= 0.6 is 0 Å². The summed E-state index contributed by atoms with van der Waals surface area (Å²) < 4.78 is 26.2. The van der Waals surface area contributed by atoms with Gasteiger partial charge in [-0.2, -0.15) is 4.31 Å². The molecule has 5 nitrogen and oxygen atoms in total. The minimum atomic E-state index is -3.44. The van der Waals surface area contributed by atoms with E-state index in [0.717, 1.165) is 6.42 Å². The molecule has 0 radical (unpaired) electrons. The molecule has 2 rings (SSSR count). The van der Waals surface area contributed by atoms with Crippen molar-refractivity contribution in [1.82, 2.24) is 4.31 Å². The third kappa shape index (κ3) is 2.66. The number of anilines is 1. The number of nitrogens with zero attached hydrogens (tertiary/aromatic N) is 1. The van der Waals surface area contributed by atoms with Crippen molar-refractivity contribution in [2.24, 2.45) is 5.92 Å². The van der Waals surface area contributed by atoms with Gasteiger partial charge in [-0.15, -0.1) is 0 Å². The molecule has 0 aliphatic carbocycles. The van der Waals surface area contributed by atoms with Crippen LogP contribution in [0.15, 0.2) is 29.2 Å². The van der Waals surface area contributed by atoms with Crippen LogP contribution < -0.4 is 5.73 Å². The Balaban J connectivity index is 2.18. The lowest BCUT2D eigenvalue weighted by Crippen LogP contribution is -2.29. The van der Waals surface area contributed by atoms with Crippen LogP contribution in [0.1, 0.15) is 12.8 Å². The second-order valence-corrected chi connectivity index (χ2v) is 6.54. The van der Waals surface area contributed by atoms with Gasteiger partial charge in [0.25, 0.3) is 0 Å². The van der Waals surface area contributed by atoms with E-state index in [2.05, 4.69) is 0 Å². The highest BCUT2D eigenvalue weighted by Gasteiger charge is 2.32. The van der Waals surface area contributed by atoms with E-state index in [9.17, 15) is 8.42 Å². The first-order chi connectivity index (χ1) is 8.54. The lowest BCUT2D eigenvalue weighted by Gasteiger charge is -2.16. The Morgan fingerprint density at radius 2 is 2.22 bits per heavy atom. The minimum absolute atomic E-state index is 0.108. The predicted molar refractivity (Wildman–Crippen MR) is 69.4 cm³/mol. The molecule has 1 heterocycles. The lowest BCUT2D eigenvalue weighted by atomic mass is 10.1. The second-order valence-electron chi connectivity index (χ2n) is 4.60. The Labute approximate surface area is 107 Å². The highest BCUT2D eigenvalue weighted by atomic mass is 32.2. The number of benzene rings is 1. The summed E-state index contributed by atoms with van der Waals surface area (Å²) in [5, 5.41) is 8.88. The number of aliphatic hydroxyl groups is 1. The first-order valence-electron chi connectivity index (χ1n) is 6.00. The largest absolute Gasteiger partial charge is 0.399 e. The molecule has 0 spiro atoms. The molecule has 0 aromatic heterocycles. The van der Waals surface area contributed by atoms with E-state index >= 15 is 0 Å². The molecule has 1 aromatic carbocycles. The maximum atomic E-state index is 12.3. The number of sulfonamides is 1. The number of hydrogen-bond donors (Lipinski definition) is 2. The average molecular weight is 270 g/mol. The zero-order valence-corrected chi connectivity index (χ0v) is 10.9. The van der Waals surface area contributed by atoms with Crippen molar-refractivity contribution < 1.29 is 13.5 Å². The van der Waals surface area contributed by atoms with Crippen LogP contribution in [-0.2, 0) is 10.0 Å². The van der Waals surface area contributed by atoms with Gasteiger partial charge in [-0.1, -0.05) is 6.07 Å². The molecule has 0 bridgehead atoms. The lowest BCUT2D eigenvalue weighted by molar-refractivity contribution is 0.259. The van der Waals surface area contributed by atoms with Crippen molar-refractivity contribution in [3.05, 3.63) is 24.3 Å². The normalized spacial score (nSPS) is 21.3. The summed E-state index contributed by atoms with van der Waals surface area (Å²) in [5.74, 6) is 0.255. The molecule has 0 amide bonds. The molecule has 1 aromatic rings. The van der Waals surface area contributed by atoms with E-state index in [1.54, 1.807) is 18.2 Å². The summed E-state index contributed by atoms with van der Waals surface area (Å²) in [6.07, 6.45) is 1.46. The smallest absolute Gasteiger partial charge is 0.243 e. The number of rotatable bonds is 4. The van der Waals surface area contributed by atoms with Crippen molar-refractivity contribution in [1.29, 1.82) is 0 Å². The molecule has 1 unspecified atom stereocenters. The zero-order valence-electron chi connectivity index (χ0n) is 10.1. The molecule has 3 N–H and O–H groups in total. The van der Waals surface area contributed by atoms with Crippen molar-refractivity contribution in [2.45, 2.75) is 17.7 Å².